The molecule has 2 unspecified atom stereocenters. The van der Waals surface area contributed by atoms with Gasteiger partial charge in [-0.1, -0.05) is 24.3 Å². The van der Waals surface area contributed by atoms with Gasteiger partial charge in [0.2, 0.25) is 0 Å². The van der Waals surface area contributed by atoms with Crippen molar-refractivity contribution >= 4 is 17.5 Å². The van der Waals surface area contributed by atoms with Gasteiger partial charge in [0.1, 0.15) is 17.3 Å². The van der Waals surface area contributed by atoms with Crippen LogP contribution < -0.4 is 0 Å². The van der Waals surface area contributed by atoms with Gasteiger partial charge in [0, 0.05) is 23.3 Å². The number of hydrogen-bond acceptors (Lipinski definition) is 4. The summed E-state index contributed by atoms with van der Waals surface area (Å²) in [5.41, 5.74) is 2.13. The molecule has 1 heterocycles. The van der Waals surface area contributed by atoms with Crippen LogP contribution in [0.4, 0.5) is 0 Å². The zero-order valence-electron chi connectivity index (χ0n) is 11.4. The van der Waals surface area contributed by atoms with Crippen LogP contribution in [0.1, 0.15) is 34.5 Å². The van der Waals surface area contributed by atoms with Crippen LogP contribution in [0.25, 0.3) is 0 Å². The standard InChI is InChI=1S/C17H16O3S/c18-13-5-1-11(2-6-13)16-9-15(20)10-17(21-16)12-3-7-14(19)8-4-12/h1-8,16-19H,9-10H2. The van der Waals surface area contributed by atoms with Crippen LogP contribution in [0.15, 0.2) is 48.5 Å². The molecule has 0 aromatic heterocycles. The van der Waals surface area contributed by atoms with Gasteiger partial charge < -0.3 is 10.2 Å². The van der Waals surface area contributed by atoms with Gasteiger partial charge in [0.15, 0.2) is 0 Å². The molecule has 1 aliphatic rings. The van der Waals surface area contributed by atoms with Crippen LogP contribution in [0.2, 0.25) is 0 Å². The minimum atomic E-state index is 0.116. The van der Waals surface area contributed by atoms with Crippen LogP contribution in [0.3, 0.4) is 0 Å². The molecule has 2 aromatic carbocycles. The monoisotopic (exact) mass is 300 g/mol. The van der Waals surface area contributed by atoms with E-state index in [0.29, 0.717) is 12.8 Å². The highest BCUT2D eigenvalue weighted by atomic mass is 32.2. The normalized spacial score (nSPS) is 22.2. The van der Waals surface area contributed by atoms with Gasteiger partial charge in [0.25, 0.3) is 0 Å². The van der Waals surface area contributed by atoms with Gasteiger partial charge >= 0.3 is 0 Å². The molecule has 21 heavy (non-hydrogen) atoms. The maximum Gasteiger partial charge on any atom is 0.135 e. The lowest BCUT2D eigenvalue weighted by Crippen LogP contribution is -2.15. The summed E-state index contributed by atoms with van der Waals surface area (Å²) >= 11 is 1.77. The van der Waals surface area contributed by atoms with Crippen molar-refractivity contribution in [2.75, 3.05) is 0 Å². The molecule has 0 saturated carbocycles. The van der Waals surface area contributed by atoms with Crippen molar-refractivity contribution in [3.05, 3.63) is 59.7 Å². The van der Waals surface area contributed by atoms with Crippen LogP contribution in [0, 0.1) is 0 Å². The molecule has 0 bridgehead atoms. The van der Waals surface area contributed by atoms with Gasteiger partial charge in [-0.3, -0.25) is 4.79 Å². The van der Waals surface area contributed by atoms with Gasteiger partial charge in [0.05, 0.1) is 0 Å². The highest BCUT2D eigenvalue weighted by Gasteiger charge is 2.29. The Morgan fingerprint density at radius 2 is 1.14 bits per heavy atom. The van der Waals surface area contributed by atoms with E-state index in [9.17, 15) is 15.0 Å². The first-order valence-corrected chi connectivity index (χ1v) is 7.81. The number of benzene rings is 2. The highest BCUT2D eigenvalue weighted by Crippen LogP contribution is 2.48. The van der Waals surface area contributed by atoms with Crippen molar-refractivity contribution in [3.8, 4) is 11.5 Å². The molecule has 1 aliphatic heterocycles. The second-order valence-electron chi connectivity index (χ2n) is 5.24. The SMILES string of the molecule is O=C1CC(c2ccc(O)cc2)SC(c2ccc(O)cc2)C1. The fourth-order valence-corrected chi connectivity index (χ4v) is 4.15. The lowest BCUT2D eigenvalue weighted by atomic mass is 10.0. The quantitative estimate of drug-likeness (QED) is 0.881. The molecule has 0 spiro atoms. The predicted molar refractivity (Wildman–Crippen MR) is 83.5 cm³/mol. The molecule has 108 valence electrons. The Bertz CT molecular complexity index is 579. The molecule has 1 saturated heterocycles. The second kappa shape index (κ2) is 5.82. The summed E-state index contributed by atoms with van der Waals surface area (Å²) in [7, 11) is 0. The van der Waals surface area contributed by atoms with E-state index < -0.39 is 0 Å². The van der Waals surface area contributed by atoms with Crippen molar-refractivity contribution in [2.45, 2.75) is 23.3 Å². The van der Waals surface area contributed by atoms with Gasteiger partial charge in [-0.05, 0) is 35.4 Å². The summed E-state index contributed by atoms with van der Waals surface area (Å²) in [6.07, 6.45) is 1.06. The van der Waals surface area contributed by atoms with E-state index in [4.69, 9.17) is 0 Å². The number of carbonyl (C=O) groups is 1. The van der Waals surface area contributed by atoms with E-state index in [0.717, 1.165) is 11.1 Å². The van der Waals surface area contributed by atoms with E-state index in [2.05, 4.69) is 0 Å². The first-order chi connectivity index (χ1) is 10.1. The lowest BCUT2D eigenvalue weighted by Gasteiger charge is -2.28. The van der Waals surface area contributed by atoms with Crippen LogP contribution in [0.5, 0.6) is 11.5 Å². The number of thioether (sulfide) groups is 1. The van der Waals surface area contributed by atoms with Crippen molar-refractivity contribution in [1.82, 2.24) is 0 Å². The Morgan fingerprint density at radius 1 is 0.762 bits per heavy atom. The molecule has 3 nitrogen and oxygen atoms in total. The summed E-state index contributed by atoms with van der Waals surface area (Å²) < 4.78 is 0. The Labute approximate surface area is 127 Å². The largest absolute Gasteiger partial charge is 0.508 e. The summed E-state index contributed by atoms with van der Waals surface area (Å²) in [4.78, 5) is 12.1. The number of phenolic OH excluding ortho intramolecular Hbond substituents is 2. The lowest BCUT2D eigenvalue weighted by molar-refractivity contribution is -0.119. The molecule has 2 atom stereocenters. The molecular weight excluding hydrogens is 284 g/mol. The average molecular weight is 300 g/mol. The first-order valence-electron chi connectivity index (χ1n) is 6.87. The number of rotatable bonds is 2. The minimum Gasteiger partial charge on any atom is -0.508 e. The van der Waals surface area contributed by atoms with E-state index in [1.807, 2.05) is 24.3 Å². The maximum absolute atomic E-state index is 12.1. The van der Waals surface area contributed by atoms with Gasteiger partial charge in [-0.25, -0.2) is 0 Å². The Balaban J connectivity index is 1.82. The number of carbonyl (C=O) groups excluding carboxylic acids is 1. The second-order valence-corrected chi connectivity index (χ2v) is 6.65. The molecule has 0 radical (unpaired) electrons. The van der Waals surface area contributed by atoms with E-state index in [1.54, 1.807) is 36.0 Å². The van der Waals surface area contributed by atoms with Crippen molar-refractivity contribution in [3.63, 3.8) is 0 Å². The minimum absolute atomic E-state index is 0.116. The number of ketones is 1. The molecule has 2 aromatic rings. The van der Waals surface area contributed by atoms with Crippen LogP contribution in [-0.2, 0) is 4.79 Å². The van der Waals surface area contributed by atoms with Gasteiger partial charge in [-0.15, -0.1) is 11.8 Å². The third kappa shape index (κ3) is 3.22. The number of hydrogen-bond donors (Lipinski definition) is 2. The van der Waals surface area contributed by atoms with Crippen LogP contribution in [-0.4, -0.2) is 16.0 Å². The van der Waals surface area contributed by atoms with E-state index >= 15 is 0 Å². The van der Waals surface area contributed by atoms with Crippen molar-refractivity contribution in [2.24, 2.45) is 0 Å². The topological polar surface area (TPSA) is 57.5 Å². The number of phenols is 2. The molecule has 4 heteroatoms. The van der Waals surface area contributed by atoms with E-state index in [-0.39, 0.29) is 27.8 Å². The van der Waals surface area contributed by atoms with Crippen LogP contribution >= 0.6 is 11.8 Å². The first kappa shape index (κ1) is 14.0. The highest BCUT2D eigenvalue weighted by molar-refractivity contribution is 7.99. The van der Waals surface area contributed by atoms with Crippen molar-refractivity contribution < 1.29 is 15.0 Å². The van der Waals surface area contributed by atoms with E-state index in [1.165, 1.54) is 0 Å². The molecule has 0 amide bonds. The fraction of sp³-hybridized carbons (Fsp3) is 0.235. The summed E-state index contributed by atoms with van der Waals surface area (Å²) in [5.74, 6) is 0.729. The summed E-state index contributed by atoms with van der Waals surface area (Å²) in [6, 6.07) is 14.1. The number of Topliss-reactive ketones (excluding diaryl/α,β-unsaturated/α-hetero) is 1. The zero-order chi connectivity index (χ0) is 14.8. The third-order valence-corrected chi connectivity index (χ3v) is 5.22. The smallest absolute Gasteiger partial charge is 0.135 e. The van der Waals surface area contributed by atoms with Gasteiger partial charge in [-0.2, -0.15) is 0 Å². The molecular formula is C17H16O3S. The average Bonchev–Trinajstić information content (AvgIpc) is 2.48. The Kier molecular flexibility index (Phi) is 3.88. The molecule has 1 fully saturated rings. The van der Waals surface area contributed by atoms with Crippen molar-refractivity contribution in [1.29, 1.82) is 0 Å². The fourth-order valence-electron chi connectivity index (χ4n) is 2.56. The Morgan fingerprint density at radius 3 is 1.52 bits per heavy atom. The summed E-state index contributed by atoms with van der Waals surface area (Å²) in [5, 5.41) is 19.0. The Hall–Kier alpha value is -1.94. The third-order valence-electron chi connectivity index (χ3n) is 3.68. The molecule has 3 rings (SSSR count). The number of aromatic hydroxyl groups is 2. The maximum atomic E-state index is 12.1. The summed E-state index contributed by atoms with van der Waals surface area (Å²) in [6.45, 7) is 0. The molecule has 0 aliphatic carbocycles. The zero-order valence-corrected chi connectivity index (χ0v) is 12.2. The molecule has 2 N–H and O–H groups in total. The predicted octanol–water partition coefficient (Wildman–Crippen LogP) is 3.98.